The molecule has 4 saturated heterocycles. The molecule has 12 atom stereocenters. The Morgan fingerprint density at radius 2 is 1.19 bits per heavy atom. The van der Waals surface area contributed by atoms with Gasteiger partial charge in [0.15, 0.2) is 41.8 Å². The zero-order chi connectivity index (χ0) is 45.5. The van der Waals surface area contributed by atoms with E-state index in [4.69, 9.17) is 52.3 Å². The van der Waals surface area contributed by atoms with Crippen LogP contribution < -0.4 is 0 Å². The van der Waals surface area contributed by atoms with Crippen molar-refractivity contribution in [3.05, 3.63) is 105 Å². The molecule has 62 heavy (non-hydrogen) atoms. The number of ether oxygens (including phenoxy) is 8. The third-order valence-corrected chi connectivity index (χ3v) is 21.0. The minimum absolute atomic E-state index is 0.0250. The fourth-order valence-electron chi connectivity index (χ4n) is 6.60. The van der Waals surface area contributed by atoms with E-state index in [0.717, 1.165) is 11.1 Å². The molecule has 1 N–H and O–H groups in total. The maximum absolute atomic E-state index is 12.4. The maximum atomic E-state index is 12.4. The number of azide groups is 2. The van der Waals surface area contributed by atoms with Crippen LogP contribution in [0.3, 0.4) is 0 Å². The summed E-state index contributed by atoms with van der Waals surface area (Å²) >= 11 is 0. The van der Waals surface area contributed by atoms with Crippen LogP contribution in [-0.2, 0) is 46.7 Å². The fourth-order valence-corrected chi connectivity index (χ4v) is 8.86. The second kappa shape index (κ2) is 20.8. The molecule has 6 rings (SSSR count). The molecule has 0 saturated carbocycles. The summed E-state index contributed by atoms with van der Waals surface area (Å²) in [6, 6.07) is 17.0. The normalized spacial score (nSPS) is 31.3. The smallest absolute Gasteiger partial charge is 0.430 e. The van der Waals surface area contributed by atoms with Gasteiger partial charge in [0.05, 0.1) is 19.3 Å². The van der Waals surface area contributed by atoms with Crippen LogP contribution in [0.25, 0.3) is 20.9 Å². The molecule has 340 valence electrons. The average Bonchev–Trinajstić information content (AvgIpc) is 3.22. The van der Waals surface area contributed by atoms with Gasteiger partial charge >= 0.3 is 6.16 Å². The van der Waals surface area contributed by atoms with Gasteiger partial charge in [-0.15, -0.1) is 0 Å². The largest absolute Gasteiger partial charge is 0.508 e. The Bertz CT molecular complexity index is 1890. The van der Waals surface area contributed by atoms with Crippen LogP contribution >= 0.6 is 0 Å². The van der Waals surface area contributed by atoms with E-state index in [2.05, 4.69) is 94.4 Å². The molecule has 0 spiro atoms. The fraction of sp³-hybridized carbons (Fsp3) is 0.643. The highest BCUT2D eigenvalue weighted by Gasteiger charge is 2.55. The standard InChI is InChI=1S/C23H33N3O7Si.C19H29N3O5Si/c1-7-13-28-22(27)32-19-17(25-26-24)21(33-34(5,6)23(2,3)4)30-16-14-29-20(31-18(16)19)15-11-9-8-10-12-15;1-19(2,3)28(4,5)27-18-14(21-22-20)15(23)16-13(25-18)11-24-17(26-16)12-9-7-6-8-10-12/h7-12,16-21H,1,13-14H2,2-6H3;6-10,13-18,23H,11H2,1-5H3/t16?,17?,18-,19-,20?,21+;13?,14?,15-,16-,17?,18+/m11/s1. The highest BCUT2D eigenvalue weighted by molar-refractivity contribution is 6.74. The Morgan fingerprint density at radius 1 is 0.758 bits per heavy atom. The Kier molecular flexibility index (Phi) is 16.5. The van der Waals surface area contributed by atoms with Gasteiger partial charge in [-0.25, -0.2) is 4.79 Å². The molecular weight excluding hydrogens is 837 g/mol. The zero-order valence-corrected chi connectivity index (χ0v) is 39.2. The molecular formula is C42H62N6O12Si2. The number of aliphatic hydroxyl groups is 1. The second-order valence-electron chi connectivity index (χ2n) is 18.5. The molecule has 0 radical (unpaired) electrons. The topological polar surface area (TPSA) is 227 Å². The predicted octanol–water partition coefficient (Wildman–Crippen LogP) is 9.12. The molecule has 4 heterocycles. The molecule has 0 amide bonds. The lowest BCUT2D eigenvalue weighted by Crippen LogP contribution is -2.64. The molecule has 18 nitrogen and oxygen atoms in total. The number of hydrogen-bond acceptors (Lipinski definition) is 14. The summed E-state index contributed by atoms with van der Waals surface area (Å²) in [5.74, 6) is 0. The lowest BCUT2D eigenvalue weighted by Gasteiger charge is -2.50. The van der Waals surface area contributed by atoms with Gasteiger partial charge in [-0.2, -0.15) is 0 Å². The van der Waals surface area contributed by atoms with Crippen LogP contribution in [0.5, 0.6) is 0 Å². The van der Waals surface area contributed by atoms with E-state index in [-0.39, 0.29) is 29.9 Å². The first-order valence-electron chi connectivity index (χ1n) is 20.7. The minimum Gasteiger partial charge on any atom is -0.430 e. The van der Waals surface area contributed by atoms with Gasteiger partial charge in [0.25, 0.3) is 0 Å². The molecule has 6 unspecified atom stereocenters. The number of rotatable bonds is 11. The van der Waals surface area contributed by atoms with Crippen LogP contribution in [0.4, 0.5) is 4.79 Å². The third kappa shape index (κ3) is 11.8. The van der Waals surface area contributed by atoms with E-state index in [1.165, 1.54) is 6.08 Å². The number of nitrogens with zero attached hydrogens (tertiary/aromatic N) is 6. The van der Waals surface area contributed by atoms with Crippen molar-refractivity contribution in [3.63, 3.8) is 0 Å². The first-order valence-corrected chi connectivity index (χ1v) is 26.5. The van der Waals surface area contributed by atoms with Crippen LogP contribution in [0.15, 0.2) is 83.5 Å². The summed E-state index contributed by atoms with van der Waals surface area (Å²) in [6.45, 7) is 24.8. The highest BCUT2D eigenvalue weighted by Crippen LogP contribution is 2.43. The molecule has 0 bridgehead atoms. The monoisotopic (exact) mass is 898 g/mol. The quantitative estimate of drug-likeness (QED) is 0.0556. The molecule has 20 heteroatoms. The molecule has 0 aliphatic carbocycles. The van der Waals surface area contributed by atoms with Crippen molar-refractivity contribution < 1.29 is 56.6 Å². The average molecular weight is 899 g/mol. The Balaban J connectivity index is 0.000000238. The van der Waals surface area contributed by atoms with E-state index in [9.17, 15) is 15.4 Å². The van der Waals surface area contributed by atoms with E-state index in [0.29, 0.717) is 0 Å². The Hall–Kier alpha value is -3.86. The van der Waals surface area contributed by atoms with Gasteiger partial charge in [-0.1, -0.05) is 125 Å². The van der Waals surface area contributed by atoms with Crippen molar-refractivity contribution in [2.75, 3.05) is 19.8 Å². The number of benzene rings is 2. The number of aliphatic hydroxyl groups excluding tert-OH is 1. The van der Waals surface area contributed by atoms with Gasteiger partial charge in [-0.3, -0.25) is 0 Å². The molecule has 4 aliphatic rings. The van der Waals surface area contributed by atoms with E-state index in [1.807, 2.05) is 60.7 Å². The third-order valence-electron chi connectivity index (χ3n) is 12.1. The van der Waals surface area contributed by atoms with Crippen molar-refractivity contribution in [2.24, 2.45) is 10.2 Å². The molecule has 4 aliphatic heterocycles. The molecule has 2 aromatic carbocycles. The summed E-state index contributed by atoms with van der Waals surface area (Å²) in [6.07, 6.45) is -7.23. The summed E-state index contributed by atoms with van der Waals surface area (Å²) < 4.78 is 59.6. The zero-order valence-electron chi connectivity index (χ0n) is 37.2. The summed E-state index contributed by atoms with van der Waals surface area (Å²) in [5.41, 5.74) is 20.0. The number of carbonyl (C=O) groups is 1. The van der Waals surface area contributed by atoms with Gasteiger partial charge in [0.2, 0.25) is 0 Å². The van der Waals surface area contributed by atoms with Crippen LogP contribution in [0.1, 0.15) is 65.2 Å². The first kappa shape index (κ1) is 49.2. The molecule has 0 aromatic heterocycles. The lowest BCUT2D eigenvalue weighted by molar-refractivity contribution is -0.333. The summed E-state index contributed by atoms with van der Waals surface area (Å²) in [5, 5.41) is 18.4. The van der Waals surface area contributed by atoms with Gasteiger partial charge < -0.3 is 51.9 Å². The van der Waals surface area contributed by atoms with Gasteiger partial charge in [-0.05, 0) is 47.3 Å². The van der Waals surface area contributed by atoms with Crippen LogP contribution in [-0.4, -0.2) is 109 Å². The highest BCUT2D eigenvalue weighted by atomic mass is 28.4. The Labute approximate surface area is 365 Å². The first-order chi connectivity index (χ1) is 29.2. The number of hydrogen-bond donors (Lipinski definition) is 1. The van der Waals surface area contributed by atoms with Crippen LogP contribution in [0.2, 0.25) is 36.3 Å². The maximum Gasteiger partial charge on any atom is 0.508 e. The second-order valence-corrected chi connectivity index (χ2v) is 28.0. The van der Waals surface area contributed by atoms with Gasteiger partial charge in [0, 0.05) is 21.0 Å². The minimum atomic E-state index is -2.35. The van der Waals surface area contributed by atoms with Crippen molar-refractivity contribution in [1.82, 2.24) is 0 Å². The van der Waals surface area contributed by atoms with Gasteiger partial charge in [0.1, 0.15) is 49.2 Å². The van der Waals surface area contributed by atoms with E-state index < -0.39 is 96.7 Å². The van der Waals surface area contributed by atoms with Crippen molar-refractivity contribution in [1.29, 1.82) is 0 Å². The summed E-state index contributed by atoms with van der Waals surface area (Å²) in [4.78, 5) is 18.3. The predicted molar refractivity (Wildman–Crippen MR) is 232 cm³/mol. The van der Waals surface area contributed by atoms with Crippen molar-refractivity contribution in [3.8, 4) is 0 Å². The molecule has 2 aromatic rings. The lowest BCUT2D eigenvalue weighted by atomic mass is 9.96. The van der Waals surface area contributed by atoms with Crippen LogP contribution in [0, 0.1) is 0 Å². The molecule has 4 fully saturated rings. The summed E-state index contributed by atoms with van der Waals surface area (Å²) in [7, 11) is -4.57. The Morgan fingerprint density at radius 3 is 1.65 bits per heavy atom. The number of fused-ring (bicyclic) bond motifs is 2. The SMILES string of the molecule is C=CCOC(=O)O[C@@H]1C(N=[N+]=[N-])[C@H](O[Si](C)(C)C(C)(C)C)OC2COC(c3ccccc3)O[C@H]21.CC(C)(C)[Si](C)(C)O[C@@H]1OC2COC(c3ccccc3)O[C@H]2[C@H](O)C1N=[N+]=[N-]. The van der Waals surface area contributed by atoms with Crippen molar-refractivity contribution in [2.45, 2.75) is 152 Å². The van der Waals surface area contributed by atoms with E-state index >= 15 is 0 Å². The van der Waals surface area contributed by atoms with Crippen molar-refractivity contribution >= 4 is 22.8 Å². The number of carbonyl (C=O) groups excluding carboxylic acids is 1. The van der Waals surface area contributed by atoms with E-state index in [1.54, 1.807) is 0 Å².